The smallest absolute Gasteiger partial charge is 0.0537 e. The largest absolute Gasteiger partial charge is 0.306 e. The quantitative estimate of drug-likeness (QED) is 0.896. The van der Waals surface area contributed by atoms with Crippen molar-refractivity contribution in [3.8, 4) is 0 Å². The summed E-state index contributed by atoms with van der Waals surface area (Å²) in [6.45, 7) is 2.22. The van der Waals surface area contributed by atoms with Crippen molar-refractivity contribution in [3.05, 3.63) is 18.0 Å². The van der Waals surface area contributed by atoms with Crippen molar-refractivity contribution in [2.45, 2.75) is 19.0 Å². The van der Waals surface area contributed by atoms with Gasteiger partial charge in [-0.05, 0) is 6.92 Å². The van der Waals surface area contributed by atoms with Crippen molar-refractivity contribution >= 4 is 23.5 Å². The molecule has 1 aromatic heterocycles. The second-order valence-electron chi connectivity index (χ2n) is 4.18. The third kappa shape index (κ3) is 3.43. The summed E-state index contributed by atoms with van der Waals surface area (Å²) in [7, 11) is 1.97. The van der Waals surface area contributed by atoms with Gasteiger partial charge in [-0.3, -0.25) is 4.68 Å². The number of hydrogen-bond acceptors (Lipinski definition) is 4. The maximum Gasteiger partial charge on any atom is 0.0537 e. The molecule has 5 heteroatoms. The zero-order chi connectivity index (χ0) is 11.4. The molecule has 90 valence electrons. The van der Waals surface area contributed by atoms with Gasteiger partial charge in [-0.15, -0.1) is 0 Å². The van der Waals surface area contributed by atoms with Crippen LogP contribution in [-0.2, 0) is 7.05 Å². The molecule has 0 bridgehead atoms. The monoisotopic (exact) mass is 257 g/mol. The Hall–Kier alpha value is -0.130. The molecule has 1 aromatic rings. The SMILES string of the molecule is C[C@@H](NC1CSCCSC1)c1cnn(C)c1. The first-order chi connectivity index (χ1) is 7.75. The number of rotatable bonds is 3. The van der Waals surface area contributed by atoms with E-state index in [1.807, 2.05) is 17.9 Å². The molecule has 3 nitrogen and oxygen atoms in total. The van der Waals surface area contributed by atoms with E-state index in [0.717, 1.165) is 0 Å². The van der Waals surface area contributed by atoms with Crippen LogP contribution in [0.15, 0.2) is 12.4 Å². The highest BCUT2D eigenvalue weighted by Gasteiger charge is 2.16. The Labute approximate surface area is 106 Å². The van der Waals surface area contributed by atoms with E-state index in [4.69, 9.17) is 0 Å². The van der Waals surface area contributed by atoms with E-state index in [1.165, 1.54) is 28.6 Å². The predicted molar refractivity (Wildman–Crippen MR) is 73.2 cm³/mol. The number of thioether (sulfide) groups is 2. The van der Waals surface area contributed by atoms with Crippen LogP contribution in [0.25, 0.3) is 0 Å². The molecule has 1 atom stereocenters. The number of hydrogen-bond donors (Lipinski definition) is 1. The normalized spacial score (nSPS) is 20.6. The lowest BCUT2D eigenvalue weighted by Gasteiger charge is -2.20. The fourth-order valence-corrected chi connectivity index (χ4v) is 4.25. The van der Waals surface area contributed by atoms with Gasteiger partial charge in [0.15, 0.2) is 0 Å². The minimum atomic E-state index is 0.401. The van der Waals surface area contributed by atoms with Gasteiger partial charge in [0, 0.05) is 53.9 Å². The van der Waals surface area contributed by atoms with E-state index in [-0.39, 0.29) is 0 Å². The molecular weight excluding hydrogens is 238 g/mol. The highest BCUT2D eigenvalue weighted by Crippen LogP contribution is 2.19. The van der Waals surface area contributed by atoms with Gasteiger partial charge in [0.1, 0.15) is 0 Å². The fourth-order valence-electron chi connectivity index (χ4n) is 1.83. The molecule has 1 aliphatic rings. The van der Waals surface area contributed by atoms with Crippen LogP contribution >= 0.6 is 23.5 Å². The second-order valence-corrected chi connectivity index (χ2v) is 6.48. The highest BCUT2D eigenvalue weighted by molar-refractivity contribution is 8.03. The minimum Gasteiger partial charge on any atom is -0.306 e. The Morgan fingerprint density at radius 1 is 1.44 bits per heavy atom. The topological polar surface area (TPSA) is 29.9 Å². The van der Waals surface area contributed by atoms with Gasteiger partial charge < -0.3 is 5.32 Å². The molecule has 16 heavy (non-hydrogen) atoms. The number of aryl methyl sites for hydroxylation is 1. The maximum absolute atomic E-state index is 4.22. The summed E-state index contributed by atoms with van der Waals surface area (Å²) in [5.74, 6) is 5.06. The van der Waals surface area contributed by atoms with E-state index in [0.29, 0.717) is 12.1 Å². The van der Waals surface area contributed by atoms with E-state index >= 15 is 0 Å². The summed E-state index contributed by atoms with van der Waals surface area (Å²) in [5, 5.41) is 7.91. The van der Waals surface area contributed by atoms with Crippen LogP contribution in [0, 0.1) is 0 Å². The molecule has 1 fully saturated rings. The standard InChI is InChI=1S/C11H19N3S2/c1-9(10-5-12-14(2)6-10)13-11-7-15-3-4-16-8-11/h5-6,9,11,13H,3-4,7-8H2,1-2H3/t9-/m1/s1. The summed E-state index contributed by atoms with van der Waals surface area (Å²) < 4.78 is 1.87. The number of nitrogens with zero attached hydrogens (tertiary/aromatic N) is 2. The average Bonchev–Trinajstić information content (AvgIpc) is 2.54. The summed E-state index contributed by atoms with van der Waals surface area (Å²) >= 11 is 4.12. The molecule has 0 aliphatic carbocycles. The van der Waals surface area contributed by atoms with E-state index in [2.05, 4.69) is 47.1 Å². The first-order valence-electron chi connectivity index (χ1n) is 5.66. The van der Waals surface area contributed by atoms with Gasteiger partial charge in [0.2, 0.25) is 0 Å². The van der Waals surface area contributed by atoms with E-state index < -0.39 is 0 Å². The van der Waals surface area contributed by atoms with Crippen LogP contribution in [0.4, 0.5) is 0 Å². The lowest BCUT2D eigenvalue weighted by atomic mass is 10.2. The lowest BCUT2D eigenvalue weighted by molar-refractivity contribution is 0.516. The van der Waals surface area contributed by atoms with Gasteiger partial charge in [-0.1, -0.05) is 0 Å². The van der Waals surface area contributed by atoms with Crippen LogP contribution < -0.4 is 5.32 Å². The molecular formula is C11H19N3S2. The van der Waals surface area contributed by atoms with Gasteiger partial charge in [0.25, 0.3) is 0 Å². The van der Waals surface area contributed by atoms with Crippen LogP contribution in [0.1, 0.15) is 18.5 Å². The molecule has 0 spiro atoms. The third-order valence-corrected chi connectivity index (χ3v) is 5.24. The second kappa shape index (κ2) is 5.98. The summed E-state index contributed by atoms with van der Waals surface area (Å²) in [6, 6.07) is 1.03. The molecule has 1 saturated heterocycles. The molecule has 1 aliphatic heterocycles. The Bertz CT molecular complexity index is 319. The third-order valence-electron chi connectivity index (χ3n) is 2.72. The average molecular weight is 257 g/mol. The zero-order valence-corrected chi connectivity index (χ0v) is 11.5. The minimum absolute atomic E-state index is 0.401. The van der Waals surface area contributed by atoms with Crippen molar-refractivity contribution in [2.24, 2.45) is 7.05 Å². The van der Waals surface area contributed by atoms with E-state index in [9.17, 15) is 0 Å². The summed E-state index contributed by atoms with van der Waals surface area (Å²) in [6.07, 6.45) is 4.04. The van der Waals surface area contributed by atoms with Gasteiger partial charge in [0.05, 0.1) is 6.20 Å². The van der Waals surface area contributed by atoms with Crippen LogP contribution in [-0.4, -0.2) is 38.8 Å². The van der Waals surface area contributed by atoms with Crippen LogP contribution in [0.2, 0.25) is 0 Å². The number of nitrogens with one attached hydrogen (secondary N) is 1. The van der Waals surface area contributed by atoms with Crippen molar-refractivity contribution in [2.75, 3.05) is 23.0 Å². The van der Waals surface area contributed by atoms with Crippen LogP contribution in [0.3, 0.4) is 0 Å². The Kier molecular flexibility index (Phi) is 4.61. The van der Waals surface area contributed by atoms with Gasteiger partial charge in [-0.25, -0.2) is 0 Å². The van der Waals surface area contributed by atoms with Crippen molar-refractivity contribution in [1.82, 2.24) is 15.1 Å². The fraction of sp³-hybridized carbons (Fsp3) is 0.727. The zero-order valence-electron chi connectivity index (χ0n) is 9.85. The first-order valence-corrected chi connectivity index (χ1v) is 7.96. The molecule has 2 heterocycles. The van der Waals surface area contributed by atoms with Crippen molar-refractivity contribution < 1.29 is 0 Å². The molecule has 2 rings (SSSR count). The Balaban J connectivity index is 1.88. The van der Waals surface area contributed by atoms with Gasteiger partial charge >= 0.3 is 0 Å². The lowest BCUT2D eigenvalue weighted by Crippen LogP contribution is -2.35. The predicted octanol–water partition coefficient (Wildman–Crippen LogP) is 1.92. The number of aromatic nitrogens is 2. The molecule has 0 amide bonds. The molecule has 1 N–H and O–H groups in total. The highest BCUT2D eigenvalue weighted by atomic mass is 32.2. The summed E-state index contributed by atoms with van der Waals surface area (Å²) in [4.78, 5) is 0. The Morgan fingerprint density at radius 2 is 2.12 bits per heavy atom. The van der Waals surface area contributed by atoms with E-state index in [1.54, 1.807) is 0 Å². The van der Waals surface area contributed by atoms with Crippen molar-refractivity contribution in [1.29, 1.82) is 0 Å². The van der Waals surface area contributed by atoms with Crippen molar-refractivity contribution in [3.63, 3.8) is 0 Å². The summed E-state index contributed by atoms with van der Waals surface area (Å²) in [5.41, 5.74) is 1.28. The molecule has 0 unspecified atom stereocenters. The van der Waals surface area contributed by atoms with Crippen LogP contribution in [0.5, 0.6) is 0 Å². The van der Waals surface area contributed by atoms with Gasteiger partial charge in [-0.2, -0.15) is 28.6 Å². The first kappa shape index (κ1) is 12.3. The Morgan fingerprint density at radius 3 is 2.69 bits per heavy atom. The molecule has 0 saturated carbocycles. The molecule has 0 aromatic carbocycles. The molecule has 0 radical (unpaired) electrons. The maximum atomic E-state index is 4.22.